The molecule has 1 fully saturated rings. The quantitative estimate of drug-likeness (QED) is 0.578. The Kier molecular flexibility index (Phi) is 6.66. The Labute approximate surface area is 173 Å². The highest BCUT2D eigenvalue weighted by molar-refractivity contribution is 7.71. The van der Waals surface area contributed by atoms with Gasteiger partial charge in [0.05, 0.1) is 5.56 Å². The number of carbonyl (C=O) groups excluding carboxylic acids is 1. The Morgan fingerprint density at radius 1 is 1.34 bits per heavy atom. The number of aromatic hydroxyl groups is 1. The van der Waals surface area contributed by atoms with Gasteiger partial charge in [-0.2, -0.15) is 0 Å². The van der Waals surface area contributed by atoms with Gasteiger partial charge in [0, 0.05) is 19.6 Å². The molecule has 29 heavy (non-hydrogen) atoms. The average Bonchev–Trinajstić information content (AvgIpc) is 2.73. The van der Waals surface area contributed by atoms with Gasteiger partial charge in [0.25, 0.3) is 5.56 Å². The Hall–Kier alpha value is -3.13. The standard InChI is InChI=1S/C21H23N3O4S/c1-2-10-24-19(26)17(18(25)22-20(24)29)12-16-9-6-11-23(13-16)21(27)28-14-15-7-4-3-5-8-15/h2-5,7-8,12,26H,1,6,9-11,13-14H2,(H,22,25,29). The van der Waals surface area contributed by atoms with Gasteiger partial charge in [0.2, 0.25) is 5.88 Å². The van der Waals surface area contributed by atoms with Crippen molar-refractivity contribution in [1.29, 1.82) is 0 Å². The maximum Gasteiger partial charge on any atom is 0.410 e. The first-order valence-corrected chi connectivity index (χ1v) is 9.72. The number of aromatic nitrogens is 2. The van der Waals surface area contributed by atoms with E-state index in [-0.39, 0.29) is 29.4 Å². The van der Waals surface area contributed by atoms with Gasteiger partial charge in [-0.25, -0.2) is 4.79 Å². The zero-order chi connectivity index (χ0) is 20.8. The zero-order valence-electron chi connectivity index (χ0n) is 16.0. The molecule has 8 heteroatoms. The van der Waals surface area contributed by atoms with E-state index in [1.165, 1.54) is 4.57 Å². The van der Waals surface area contributed by atoms with Crippen LogP contribution in [0.4, 0.5) is 4.79 Å². The third-order valence-corrected chi connectivity index (χ3v) is 4.97. The summed E-state index contributed by atoms with van der Waals surface area (Å²) in [5, 5.41) is 10.5. The van der Waals surface area contributed by atoms with E-state index in [1.807, 2.05) is 30.3 Å². The summed E-state index contributed by atoms with van der Waals surface area (Å²) in [7, 11) is 0. The topological polar surface area (TPSA) is 87.6 Å². The first-order valence-electron chi connectivity index (χ1n) is 9.31. The van der Waals surface area contributed by atoms with Crippen LogP contribution in [0.3, 0.4) is 0 Å². The van der Waals surface area contributed by atoms with E-state index in [4.69, 9.17) is 17.0 Å². The predicted molar refractivity (Wildman–Crippen MR) is 113 cm³/mol. The van der Waals surface area contributed by atoms with Crippen LogP contribution in [0.25, 0.3) is 6.08 Å². The molecule has 1 aliphatic heterocycles. The number of rotatable bonds is 5. The molecule has 2 heterocycles. The average molecular weight is 413 g/mol. The van der Waals surface area contributed by atoms with Crippen LogP contribution in [0.2, 0.25) is 0 Å². The predicted octanol–water partition coefficient (Wildman–Crippen LogP) is 3.61. The van der Waals surface area contributed by atoms with Crippen LogP contribution >= 0.6 is 12.2 Å². The van der Waals surface area contributed by atoms with Crippen molar-refractivity contribution < 1.29 is 14.6 Å². The van der Waals surface area contributed by atoms with Crippen LogP contribution in [0.1, 0.15) is 24.0 Å². The number of ether oxygens (including phenoxy) is 1. The normalized spacial score (nSPS) is 15.3. The molecule has 0 bridgehead atoms. The summed E-state index contributed by atoms with van der Waals surface area (Å²) >= 11 is 5.09. The molecule has 2 N–H and O–H groups in total. The molecule has 3 rings (SSSR count). The smallest absolute Gasteiger partial charge is 0.410 e. The number of hydrogen-bond donors (Lipinski definition) is 2. The van der Waals surface area contributed by atoms with Gasteiger partial charge >= 0.3 is 6.09 Å². The van der Waals surface area contributed by atoms with Gasteiger partial charge < -0.3 is 14.7 Å². The molecular weight excluding hydrogens is 390 g/mol. The fraction of sp³-hybridized carbons (Fsp3) is 0.286. The van der Waals surface area contributed by atoms with Gasteiger partial charge in [-0.15, -0.1) is 6.58 Å². The molecule has 0 radical (unpaired) electrons. The molecule has 0 unspecified atom stereocenters. The molecule has 1 aromatic carbocycles. The molecule has 0 saturated carbocycles. The van der Waals surface area contributed by atoms with Crippen LogP contribution in [0.5, 0.6) is 5.88 Å². The third kappa shape index (κ3) is 5.03. The minimum absolute atomic E-state index is 0.120. The van der Waals surface area contributed by atoms with Crippen LogP contribution in [-0.2, 0) is 17.9 Å². The van der Waals surface area contributed by atoms with Crippen molar-refractivity contribution in [2.24, 2.45) is 0 Å². The maximum atomic E-state index is 12.4. The summed E-state index contributed by atoms with van der Waals surface area (Å²) < 4.78 is 6.92. The lowest BCUT2D eigenvalue weighted by molar-refractivity contribution is 0.0955. The Balaban J connectivity index is 1.75. The van der Waals surface area contributed by atoms with Crippen LogP contribution in [-0.4, -0.2) is 38.7 Å². The number of likely N-dealkylation sites (tertiary alicyclic amines) is 1. The second-order valence-corrected chi connectivity index (χ2v) is 7.15. The summed E-state index contributed by atoms with van der Waals surface area (Å²) in [6, 6.07) is 9.47. The number of amides is 1. The molecule has 1 saturated heterocycles. The summed E-state index contributed by atoms with van der Waals surface area (Å²) in [5.41, 5.74) is 1.43. The lowest BCUT2D eigenvalue weighted by Gasteiger charge is -2.28. The van der Waals surface area contributed by atoms with Crippen molar-refractivity contribution in [2.75, 3.05) is 13.1 Å². The minimum Gasteiger partial charge on any atom is -0.494 e. The first kappa shape index (κ1) is 20.6. The number of aromatic amines is 1. The monoisotopic (exact) mass is 413 g/mol. The SMILES string of the molecule is C=CCn1c(O)c(C=C2CCCN(C(=O)OCc3ccccc3)C2)c(=O)[nH]c1=S. The van der Waals surface area contributed by atoms with Crippen LogP contribution in [0.15, 0.2) is 53.4 Å². The number of benzene rings is 1. The highest BCUT2D eigenvalue weighted by Gasteiger charge is 2.22. The van der Waals surface area contributed by atoms with Gasteiger partial charge in [-0.05, 0) is 42.3 Å². The van der Waals surface area contributed by atoms with Crippen molar-refractivity contribution in [3.8, 4) is 5.88 Å². The molecule has 1 aromatic heterocycles. The van der Waals surface area contributed by atoms with E-state index in [2.05, 4.69) is 11.6 Å². The van der Waals surface area contributed by atoms with E-state index >= 15 is 0 Å². The van der Waals surface area contributed by atoms with Crippen molar-refractivity contribution >= 4 is 24.4 Å². The van der Waals surface area contributed by atoms with Gasteiger partial charge in [0.15, 0.2) is 4.77 Å². The number of piperidine rings is 1. The fourth-order valence-corrected chi connectivity index (χ4v) is 3.45. The maximum absolute atomic E-state index is 12.4. The number of nitrogens with one attached hydrogen (secondary N) is 1. The van der Waals surface area contributed by atoms with Crippen molar-refractivity contribution in [2.45, 2.75) is 26.0 Å². The molecule has 0 aliphatic carbocycles. The number of H-pyrrole nitrogens is 1. The van der Waals surface area contributed by atoms with Crippen molar-refractivity contribution in [1.82, 2.24) is 14.5 Å². The molecule has 0 atom stereocenters. The molecule has 1 amide bonds. The summed E-state index contributed by atoms with van der Waals surface area (Å²) in [6.45, 7) is 5.03. The number of nitrogens with zero attached hydrogens (tertiary/aromatic N) is 2. The van der Waals surface area contributed by atoms with Crippen LogP contribution in [0, 0.1) is 4.77 Å². The molecule has 7 nitrogen and oxygen atoms in total. The molecule has 0 spiro atoms. The highest BCUT2D eigenvalue weighted by Crippen LogP contribution is 2.22. The number of hydrogen-bond acceptors (Lipinski definition) is 5. The fourth-order valence-electron chi connectivity index (χ4n) is 3.19. The third-order valence-electron chi connectivity index (χ3n) is 4.65. The van der Waals surface area contributed by atoms with Gasteiger partial charge in [-0.1, -0.05) is 36.4 Å². The minimum atomic E-state index is -0.468. The second kappa shape index (κ2) is 9.38. The largest absolute Gasteiger partial charge is 0.494 e. The summed E-state index contributed by atoms with van der Waals surface area (Å²) in [5.74, 6) is -0.213. The van der Waals surface area contributed by atoms with E-state index in [1.54, 1.807) is 17.1 Å². The Morgan fingerprint density at radius 2 is 2.10 bits per heavy atom. The van der Waals surface area contributed by atoms with Gasteiger partial charge in [-0.3, -0.25) is 14.3 Å². The van der Waals surface area contributed by atoms with E-state index in [9.17, 15) is 14.7 Å². The number of carbonyl (C=O) groups is 1. The first-order chi connectivity index (χ1) is 14.0. The molecule has 152 valence electrons. The Bertz CT molecular complexity index is 1040. The van der Waals surface area contributed by atoms with E-state index in [0.717, 1.165) is 24.0 Å². The zero-order valence-corrected chi connectivity index (χ0v) is 16.8. The Morgan fingerprint density at radius 3 is 2.83 bits per heavy atom. The van der Waals surface area contributed by atoms with E-state index in [0.29, 0.717) is 13.1 Å². The highest BCUT2D eigenvalue weighted by atomic mass is 32.1. The van der Waals surface area contributed by atoms with E-state index < -0.39 is 11.7 Å². The van der Waals surface area contributed by atoms with Gasteiger partial charge in [0.1, 0.15) is 6.61 Å². The van der Waals surface area contributed by atoms with Crippen LogP contribution < -0.4 is 5.56 Å². The molecule has 1 aliphatic rings. The number of allylic oxidation sites excluding steroid dienone is 1. The van der Waals surface area contributed by atoms with Crippen molar-refractivity contribution in [3.05, 3.63) is 74.8 Å². The van der Waals surface area contributed by atoms with Crippen molar-refractivity contribution in [3.63, 3.8) is 0 Å². The lowest BCUT2D eigenvalue weighted by atomic mass is 10.0. The molecular formula is C21H23N3O4S. The second-order valence-electron chi connectivity index (χ2n) is 6.76. The summed E-state index contributed by atoms with van der Waals surface area (Å²) in [4.78, 5) is 28.9. The summed E-state index contributed by atoms with van der Waals surface area (Å²) in [6.07, 6.45) is 4.27. The molecule has 2 aromatic rings. The lowest BCUT2D eigenvalue weighted by Crippen LogP contribution is -2.37.